The minimum absolute atomic E-state index is 0.0215. The first-order valence-corrected chi connectivity index (χ1v) is 9.47. The number of benzene rings is 1. The third-order valence-corrected chi connectivity index (χ3v) is 6.42. The first-order valence-electron chi connectivity index (χ1n) is 7.15. The van der Waals surface area contributed by atoms with Crippen molar-refractivity contribution in [2.45, 2.75) is 11.4 Å². The molecule has 2 rings (SSSR count). The van der Waals surface area contributed by atoms with Crippen molar-refractivity contribution in [2.24, 2.45) is 0 Å². The van der Waals surface area contributed by atoms with Gasteiger partial charge in [-0.2, -0.15) is 4.31 Å². The van der Waals surface area contributed by atoms with Crippen LogP contribution in [0.2, 0.25) is 0 Å². The molecule has 0 atom stereocenters. The molecule has 0 unspecified atom stereocenters. The summed E-state index contributed by atoms with van der Waals surface area (Å²) in [7, 11) is 2.83. The van der Waals surface area contributed by atoms with Gasteiger partial charge in [0.2, 0.25) is 10.0 Å². The van der Waals surface area contributed by atoms with Crippen LogP contribution in [0.15, 0.2) is 40.6 Å². The molecule has 0 aliphatic rings. The second kappa shape index (κ2) is 7.33. The number of thiophene rings is 1. The molecule has 1 heterocycles. The fourth-order valence-electron chi connectivity index (χ4n) is 2.15. The highest BCUT2D eigenvalue weighted by molar-refractivity contribution is 7.89. The van der Waals surface area contributed by atoms with Crippen LogP contribution < -0.4 is 4.90 Å². The Morgan fingerprint density at radius 3 is 2.29 bits per heavy atom. The van der Waals surface area contributed by atoms with Gasteiger partial charge in [0, 0.05) is 33.4 Å². The number of carbonyl (C=O) groups excluding carboxylic acids is 1. The van der Waals surface area contributed by atoms with Crippen molar-refractivity contribution in [3.05, 3.63) is 46.2 Å². The van der Waals surface area contributed by atoms with Gasteiger partial charge in [0.05, 0.1) is 7.11 Å². The van der Waals surface area contributed by atoms with Gasteiger partial charge in [0.15, 0.2) is 0 Å². The first-order chi connectivity index (χ1) is 11.3. The molecule has 0 amide bonds. The van der Waals surface area contributed by atoms with Crippen LogP contribution in [0.4, 0.5) is 5.69 Å². The van der Waals surface area contributed by atoms with Crippen LogP contribution in [-0.2, 0) is 21.3 Å². The quantitative estimate of drug-likeness (QED) is 0.733. The molecule has 6 nitrogen and oxygen atoms in total. The summed E-state index contributed by atoms with van der Waals surface area (Å²) in [5.41, 5.74) is 1.90. The van der Waals surface area contributed by atoms with Gasteiger partial charge in [-0.3, -0.25) is 0 Å². The molecule has 24 heavy (non-hydrogen) atoms. The zero-order chi connectivity index (χ0) is 17.9. The van der Waals surface area contributed by atoms with E-state index in [9.17, 15) is 13.2 Å². The molecule has 0 saturated carbocycles. The second-order valence-electron chi connectivity index (χ2n) is 5.43. The van der Waals surface area contributed by atoms with Crippen LogP contribution in [0.3, 0.4) is 0 Å². The third-order valence-electron chi connectivity index (χ3n) is 3.55. The average Bonchev–Trinajstić information content (AvgIpc) is 3.05. The van der Waals surface area contributed by atoms with Crippen molar-refractivity contribution >= 4 is 33.0 Å². The summed E-state index contributed by atoms with van der Waals surface area (Å²) in [6, 6.07) is 9.06. The number of nitrogens with zero attached hydrogens (tertiary/aromatic N) is 2. The Balaban J connectivity index is 2.23. The number of esters is 1. The highest BCUT2D eigenvalue weighted by Crippen LogP contribution is 2.26. The number of hydrogen-bond donors (Lipinski definition) is 0. The van der Waals surface area contributed by atoms with E-state index in [-0.39, 0.29) is 16.3 Å². The van der Waals surface area contributed by atoms with Gasteiger partial charge in [-0.05, 0) is 29.1 Å². The lowest BCUT2D eigenvalue weighted by atomic mass is 10.2. The Kier molecular flexibility index (Phi) is 5.63. The van der Waals surface area contributed by atoms with E-state index in [1.165, 1.54) is 24.5 Å². The Hall–Kier alpha value is -1.90. The molecule has 2 aromatic rings. The summed E-state index contributed by atoms with van der Waals surface area (Å²) in [5.74, 6) is -0.646. The van der Waals surface area contributed by atoms with Gasteiger partial charge in [-0.15, -0.1) is 11.3 Å². The van der Waals surface area contributed by atoms with Crippen molar-refractivity contribution in [3.8, 4) is 0 Å². The first kappa shape index (κ1) is 18.4. The van der Waals surface area contributed by atoms with Gasteiger partial charge in [0.1, 0.15) is 9.77 Å². The molecular formula is C16H20N2O4S2. The second-order valence-corrected chi connectivity index (χ2v) is 8.36. The monoisotopic (exact) mass is 368 g/mol. The van der Waals surface area contributed by atoms with Crippen LogP contribution in [0, 0.1) is 0 Å². The molecule has 0 fully saturated rings. The van der Waals surface area contributed by atoms with Gasteiger partial charge in [-0.1, -0.05) is 12.1 Å². The maximum Gasteiger partial charge on any atom is 0.349 e. The number of sulfonamides is 1. The highest BCUT2D eigenvalue weighted by atomic mass is 32.2. The highest BCUT2D eigenvalue weighted by Gasteiger charge is 2.28. The number of methoxy groups -OCH3 is 1. The van der Waals surface area contributed by atoms with Crippen LogP contribution in [0.1, 0.15) is 15.2 Å². The van der Waals surface area contributed by atoms with E-state index in [2.05, 4.69) is 4.74 Å². The van der Waals surface area contributed by atoms with E-state index in [0.29, 0.717) is 0 Å². The van der Waals surface area contributed by atoms with Crippen LogP contribution in [0.5, 0.6) is 0 Å². The average molecular weight is 368 g/mol. The summed E-state index contributed by atoms with van der Waals surface area (Å²) in [6.45, 7) is 0.215. The van der Waals surface area contributed by atoms with E-state index in [4.69, 9.17) is 0 Å². The fraction of sp³-hybridized carbons (Fsp3) is 0.312. The lowest BCUT2D eigenvalue weighted by Gasteiger charge is -2.18. The lowest BCUT2D eigenvalue weighted by Crippen LogP contribution is -2.27. The van der Waals surface area contributed by atoms with Crippen molar-refractivity contribution in [1.82, 2.24) is 4.31 Å². The molecule has 130 valence electrons. The molecule has 0 N–H and O–H groups in total. The van der Waals surface area contributed by atoms with Crippen molar-refractivity contribution in [1.29, 1.82) is 0 Å². The number of rotatable bonds is 6. The van der Waals surface area contributed by atoms with E-state index in [0.717, 1.165) is 22.6 Å². The molecular weight excluding hydrogens is 348 g/mol. The number of hydrogen-bond acceptors (Lipinski definition) is 6. The smallest absolute Gasteiger partial charge is 0.349 e. The number of carbonyl (C=O) groups is 1. The third kappa shape index (κ3) is 3.77. The molecule has 0 aliphatic carbocycles. The zero-order valence-electron chi connectivity index (χ0n) is 14.0. The minimum Gasteiger partial charge on any atom is -0.465 e. The van der Waals surface area contributed by atoms with E-state index >= 15 is 0 Å². The Morgan fingerprint density at radius 2 is 1.75 bits per heavy atom. The van der Waals surface area contributed by atoms with Gasteiger partial charge in [-0.25, -0.2) is 13.2 Å². The summed E-state index contributed by atoms with van der Waals surface area (Å²) in [6.07, 6.45) is 0. The molecule has 0 saturated heterocycles. The van der Waals surface area contributed by atoms with Crippen LogP contribution >= 0.6 is 11.3 Å². The predicted octanol–water partition coefficient (Wildman–Crippen LogP) is 2.42. The summed E-state index contributed by atoms with van der Waals surface area (Å²) in [4.78, 5) is 13.8. The van der Waals surface area contributed by atoms with Gasteiger partial charge in [0.25, 0.3) is 0 Å². The Morgan fingerprint density at radius 1 is 1.12 bits per heavy atom. The molecule has 0 bridgehead atoms. The molecule has 8 heteroatoms. The molecule has 1 aromatic heterocycles. The minimum atomic E-state index is -3.77. The SMILES string of the molecule is COC(=O)c1sccc1S(=O)(=O)N(C)Cc1ccc(N(C)C)cc1. The zero-order valence-corrected chi connectivity index (χ0v) is 15.6. The largest absolute Gasteiger partial charge is 0.465 e. The van der Waals surface area contributed by atoms with Crippen molar-refractivity contribution in [3.63, 3.8) is 0 Å². The summed E-state index contributed by atoms with van der Waals surface area (Å²) >= 11 is 1.05. The maximum absolute atomic E-state index is 12.7. The fourth-order valence-corrected chi connectivity index (χ4v) is 4.61. The van der Waals surface area contributed by atoms with Gasteiger partial charge < -0.3 is 9.64 Å². The summed E-state index contributed by atoms with van der Waals surface area (Å²) in [5, 5.41) is 1.57. The van der Waals surface area contributed by atoms with Gasteiger partial charge >= 0.3 is 5.97 Å². The molecule has 1 aromatic carbocycles. The Labute approximate surface area is 146 Å². The van der Waals surface area contributed by atoms with E-state index < -0.39 is 16.0 Å². The molecule has 0 aliphatic heterocycles. The molecule has 0 radical (unpaired) electrons. The molecule has 0 spiro atoms. The van der Waals surface area contributed by atoms with E-state index in [1.54, 1.807) is 5.38 Å². The van der Waals surface area contributed by atoms with Crippen molar-refractivity contribution in [2.75, 3.05) is 33.2 Å². The van der Waals surface area contributed by atoms with Crippen molar-refractivity contribution < 1.29 is 17.9 Å². The summed E-state index contributed by atoms with van der Waals surface area (Å²) < 4.78 is 31.3. The van der Waals surface area contributed by atoms with Crippen LogP contribution in [-0.4, -0.2) is 46.9 Å². The topological polar surface area (TPSA) is 66.9 Å². The normalized spacial score (nSPS) is 11.5. The predicted molar refractivity (Wildman–Crippen MR) is 95.1 cm³/mol. The standard InChI is InChI=1S/C16H20N2O4S2/c1-17(2)13-7-5-12(6-8-13)11-18(3)24(20,21)14-9-10-23-15(14)16(19)22-4/h5-10H,11H2,1-4H3. The number of ether oxygens (including phenoxy) is 1. The van der Waals surface area contributed by atoms with E-state index in [1.807, 2.05) is 43.3 Å². The Bertz CT molecular complexity index is 811. The van der Waals surface area contributed by atoms with Crippen LogP contribution in [0.25, 0.3) is 0 Å². The lowest BCUT2D eigenvalue weighted by molar-refractivity contribution is 0.0602. The number of anilines is 1. The maximum atomic E-state index is 12.7.